The first-order valence-electron chi connectivity index (χ1n) is 10.8. The van der Waals surface area contributed by atoms with E-state index in [0.717, 1.165) is 36.2 Å². The second kappa shape index (κ2) is 12.4. The molecule has 1 saturated heterocycles. The van der Waals surface area contributed by atoms with E-state index >= 15 is 0 Å². The molecule has 3 rings (SSSR count). The summed E-state index contributed by atoms with van der Waals surface area (Å²) in [5, 5.41) is 9.91. The molecule has 6 nitrogen and oxygen atoms in total. The molecule has 1 amide bonds. The van der Waals surface area contributed by atoms with Gasteiger partial charge in [-0.1, -0.05) is 31.9 Å². The number of carbonyl (C=O) groups excluding carboxylic acids is 1. The molecule has 1 aromatic carbocycles. The molecule has 1 saturated carbocycles. The van der Waals surface area contributed by atoms with Crippen LogP contribution < -0.4 is 16.0 Å². The van der Waals surface area contributed by atoms with Gasteiger partial charge >= 0.3 is 0 Å². The van der Waals surface area contributed by atoms with Crippen molar-refractivity contribution in [1.29, 1.82) is 0 Å². The molecule has 7 heteroatoms. The molecule has 3 N–H and O–H groups in total. The normalized spacial score (nSPS) is 20.3. The third-order valence-electron chi connectivity index (χ3n) is 5.80. The largest absolute Gasteiger partial charge is 0.352 e. The average molecular weight is 513 g/mol. The Bertz CT molecular complexity index is 658. The lowest BCUT2D eigenvalue weighted by Gasteiger charge is -2.24. The van der Waals surface area contributed by atoms with Crippen molar-refractivity contribution in [2.45, 2.75) is 70.5 Å². The molecule has 0 bridgehead atoms. The summed E-state index contributed by atoms with van der Waals surface area (Å²) in [5.74, 6) is 0.930. The van der Waals surface area contributed by atoms with E-state index in [1.165, 1.54) is 38.6 Å². The van der Waals surface area contributed by atoms with Crippen LogP contribution in [0.2, 0.25) is 0 Å². The van der Waals surface area contributed by atoms with Gasteiger partial charge in [0, 0.05) is 50.9 Å². The standard InChI is InChI=1S/C22H35N5O.HI/c1-3-6-21(28)25-18-11-9-17(10-12-18)15-24-22(23-2)26-19-13-14-27(16-19)20-7-4-5-8-20;/h9-12,19-20H,3-8,13-16H2,1-2H3,(H,25,28)(H2,23,24,26);1H. The predicted molar refractivity (Wildman–Crippen MR) is 131 cm³/mol. The molecule has 1 heterocycles. The summed E-state index contributed by atoms with van der Waals surface area (Å²) in [4.78, 5) is 18.7. The molecule has 162 valence electrons. The molecule has 2 aliphatic rings. The predicted octanol–water partition coefficient (Wildman–Crippen LogP) is 3.73. The number of halogens is 1. The first-order valence-corrected chi connectivity index (χ1v) is 10.8. The van der Waals surface area contributed by atoms with Crippen molar-refractivity contribution in [2.75, 3.05) is 25.5 Å². The third kappa shape index (κ3) is 7.44. The Balaban J connectivity index is 0.00000300. The molecule has 1 aromatic rings. The van der Waals surface area contributed by atoms with Crippen molar-refractivity contribution in [1.82, 2.24) is 15.5 Å². The van der Waals surface area contributed by atoms with Gasteiger partial charge in [0.25, 0.3) is 0 Å². The van der Waals surface area contributed by atoms with Crippen LogP contribution >= 0.6 is 24.0 Å². The van der Waals surface area contributed by atoms with E-state index in [-0.39, 0.29) is 29.9 Å². The average Bonchev–Trinajstić information content (AvgIpc) is 3.38. The first-order chi connectivity index (χ1) is 13.7. The zero-order valence-corrected chi connectivity index (χ0v) is 20.1. The molecular formula is C22H36IN5O. The Hall–Kier alpha value is -1.35. The van der Waals surface area contributed by atoms with Gasteiger partial charge in [-0.3, -0.25) is 14.7 Å². The number of likely N-dealkylation sites (tertiary alicyclic amines) is 1. The van der Waals surface area contributed by atoms with E-state index < -0.39 is 0 Å². The highest BCUT2D eigenvalue weighted by Gasteiger charge is 2.30. The van der Waals surface area contributed by atoms with Crippen LogP contribution in [0.5, 0.6) is 0 Å². The maximum Gasteiger partial charge on any atom is 0.224 e. The van der Waals surface area contributed by atoms with Crippen LogP contribution in [-0.4, -0.2) is 49.0 Å². The second-order valence-electron chi connectivity index (χ2n) is 7.98. The molecule has 0 aromatic heterocycles. The zero-order valence-electron chi connectivity index (χ0n) is 17.7. The number of nitrogens with one attached hydrogen (secondary N) is 3. The summed E-state index contributed by atoms with van der Waals surface area (Å²) < 4.78 is 0. The summed E-state index contributed by atoms with van der Waals surface area (Å²) in [5.41, 5.74) is 2.01. The van der Waals surface area contributed by atoms with Crippen LogP contribution in [0, 0.1) is 0 Å². The van der Waals surface area contributed by atoms with E-state index in [9.17, 15) is 4.79 Å². The minimum Gasteiger partial charge on any atom is -0.352 e. The summed E-state index contributed by atoms with van der Waals surface area (Å²) in [6.07, 6.45) is 8.13. The first kappa shape index (κ1) is 23.9. The minimum atomic E-state index is 0. The zero-order chi connectivity index (χ0) is 19.8. The number of nitrogens with zero attached hydrogens (tertiary/aromatic N) is 2. The Morgan fingerprint density at radius 2 is 1.90 bits per heavy atom. The highest BCUT2D eigenvalue weighted by Crippen LogP contribution is 2.26. The SMILES string of the molecule is CCCC(=O)Nc1ccc(CNC(=NC)NC2CCN(C3CCCC3)C2)cc1.I. The third-order valence-corrected chi connectivity index (χ3v) is 5.80. The van der Waals surface area contributed by atoms with Crippen molar-refractivity contribution in [3.05, 3.63) is 29.8 Å². The van der Waals surface area contributed by atoms with Gasteiger partial charge in [-0.05, 0) is 43.4 Å². The smallest absolute Gasteiger partial charge is 0.224 e. The number of hydrogen-bond acceptors (Lipinski definition) is 3. The van der Waals surface area contributed by atoms with E-state index in [2.05, 4.69) is 25.8 Å². The van der Waals surface area contributed by atoms with Gasteiger partial charge in [-0.25, -0.2) is 0 Å². The number of hydrogen-bond donors (Lipinski definition) is 3. The molecular weight excluding hydrogens is 477 g/mol. The van der Waals surface area contributed by atoms with Gasteiger partial charge in [0.1, 0.15) is 0 Å². The van der Waals surface area contributed by atoms with Crippen LogP contribution in [0.25, 0.3) is 0 Å². The quantitative estimate of drug-likeness (QED) is 0.296. The van der Waals surface area contributed by atoms with Gasteiger partial charge in [0.05, 0.1) is 0 Å². The number of rotatable bonds is 7. The molecule has 1 unspecified atom stereocenters. The van der Waals surface area contributed by atoms with Crippen molar-refractivity contribution in [3.63, 3.8) is 0 Å². The van der Waals surface area contributed by atoms with Gasteiger partial charge in [-0.15, -0.1) is 24.0 Å². The number of benzene rings is 1. The van der Waals surface area contributed by atoms with E-state index in [0.29, 0.717) is 19.0 Å². The van der Waals surface area contributed by atoms with E-state index in [4.69, 9.17) is 0 Å². The van der Waals surface area contributed by atoms with Crippen molar-refractivity contribution < 1.29 is 4.79 Å². The van der Waals surface area contributed by atoms with Crippen LogP contribution in [0.1, 0.15) is 57.4 Å². The fraction of sp³-hybridized carbons (Fsp3) is 0.636. The summed E-state index contributed by atoms with van der Waals surface area (Å²) in [6, 6.07) is 9.27. The number of guanidine groups is 1. The minimum absolute atomic E-state index is 0. The van der Waals surface area contributed by atoms with Gasteiger partial charge in [-0.2, -0.15) is 0 Å². The van der Waals surface area contributed by atoms with Crippen molar-refractivity contribution in [3.8, 4) is 0 Å². The number of amides is 1. The molecule has 0 spiro atoms. The van der Waals surface area contributed by atoms with Gasteiger partial charge in [0.15, 0.2) is 5.96 Å². The Labute approximate surface area is 192 Å². The van der Waals surface area contributed by atoms with Crippen LogP contribution in [-0.2, 0) is 11.3 Å². The fourth-order valence-corrected chi connectivity index (χ4v) is 4.24. The maximum atomic E-state index is 11.7. The Morgan fingerprint density at radius 3 is 2.55 bits per heavy atom. The topological polar surface area (TPSA) is 68.8 Å². The fourth-order valence-electron chi connectivity index (χ4n) is 4.24. The summed E-state index contributed by atoms with van der Waals surface area (Å²) in [7, 11) is 1.82. The monoisotopic (exact) mass is 513 g/mol. The molecule has 1 atom stereocenters. The van der Waals surface area contributed by atoms with Crippen molar-refractivity contribution in [2.24, 2.45) is 4.99 Å². The molecule has 2 fully saturated rings. The lowest BCUT2D eigenvalue weighted by molar-refractivity contribution is -0.116. The van der Waals surface area contributed by atoms with Crippen LogP contribution in [0.15, 0.2) is 29.3 Å². The van der Waals surface area contributed by atoms with Crippen molar-refractivity contribution >= 4 is 41.5 Å². The highest BCUT2D eigenvalue weighted by atomic mass is 127. The summed E-state index contributed by atoms with van der Waals surface area (Å²) in [6.45, 7) is 5.04. The number of carbonyl (C=O) groups is 1. The Morgan fingerprint density at radius 1 is 1.17 bits per heavy atom. The Kier molecular flexibility index (Phi) is 10.2. The highest BCUT2D eigenvalue weighted by molar-refractivity contribution is 14.0. The molecule has 1 aliphatic heterocycles. The number of anilines is 1. The maximum absolute atomic E-state index is 11.7. The lowest BCUT2D eigenvalue weighted by atomic mass is 10.2. The molecule has 1 aliphatic carbocycles. The van der Waals surface area contributed by atoms with Gasteiger partial charge < -0.3 is 16.0 Å². The molecule has 29 heavy (non-hydrogen) atoms. The van der Waals surface area contributed by atoms with E-state index in [1.54, 1.807) is 0 Å². The van der Waals surface area contributed by atoms with E-state index in [1.807, 2.05) is 38.2 Å². The van der Waals surface area contributed by atoms with Crippen LogP contribution in [0.4, 0.5) is 5.69 Å². The van der Waals surface area contributed by atoms with Crippen LogP contribution in [0.3, 0.4) is 0 Å². The van der Waals surface area contributed by atoms with Gasteiger partial charge in [0.2, 0.25) is 5.91 Å². The molecule has 0 radical (unpaired) electrons. The number of aliphatic imine (C=N–C) groups is 1. The summed E-state index contributed by atoms with van der Waals surface area (Å²) >= 11 is 0. The lowest BCUT2D eigenvalue weighted by Crippen LogP contribution is -2.45. The second-order valence-corrected chi connectivity index (χ2v) is 7.98.